The summed E-state index contributed by atoms with van der Waals surface area (Å²) < 4.78 is 1.83. The quantitative estimate of drug-likeness (QED) is 0.579. The molecular weight excluding hydrogens is 254 g/mol. The van der Waals surface area contributed by atoms with Gasteiger partial charge in [-0.25, -0.2) is 0 Å². The minimum Gasteiger partial charge on any atom is -0.258 e. The average Bonchev–Trinajstić information content (AvgIpc) is 2.51. The third-order valence-corrected chi connectivity index (χ3v) is 3.55. The summed E-state index contributed by atoms with van der Waals surface area (Å²) in [7, 11) is 0. The molecule has 0 bridgehead atoms. The van der Waals surface area contributed by atoms with E-state index < -0.39 is 0 Å². The Kier molecular flexibility index (Phi) is 2.05. The van der Waals surface area contributed by atoms with Crippen molar-refractivity contribution in [2.75, 3.05) is 0 Å². The lowest BCUT2D eigenvalue weighted by molar-refractivity contribution is -0.384. The Balaban J connectivity index is 2.77. The van der Waals surface area contributed by atoms with Gasteiger partial charge in [-0.1, -0.05) is 0 Å². The first-order valence-corrected chi connectivity index (χ1v) is 5.17. The number of halogens is 1. The van der Waals surface area contributed by atoms with Crippen molar-refractivity contribution in [3.05, 3.63) is 38.2 Å². The third kappa shape index (κ3) is 1.45. The van der Waals surface area contributed by atoms with Crippen LogP contribution < -0.4 is 0 Å². The number of nitro groups is 1. The van der Waals surface area contributed by atoms with E-state index in [2.05, 4.69) is 15.9 Å². The van der Waals surface area contributed by atoms with E-state index in [1.165, 1.54) is 6.07 Å². The van der Waals surface area contributed by atoms with Crippen molar-refractivity contribution in [1.29, 1.82) is 0 Å². The molecule has 0 radical (unpaired) electrons. The molecule has 0 amide bonds. The molecule has 0 aliphatic heterocycles. The number of benzene rings is 1. The summed E-state index contributed by atoms with van der Waals surface area (Å²) in [4.78, 5) is 10.1. The maximum absolute atomic E-state index is 10.5. The van der Waals surface area contributed by atoms with Crippen LogP contribution in [0.4, 0.5) is 5.69 Å². The Morgan fingerprint density at radius 3 is 2.92 bits per heavy atom. The monoisotopic (exact) mass is 257 g/mol. The number of non-ortho nitro benzene ring substituents is 1. The van der Waals surface area contributed by atoms with Crippen LogP contribution in [0, 0.1) is 10.1 Å². The van der Waals surface area contributed by atoms with Gasteiger partial charge in [0, 0.05) is 26.7 Å². The summed E-state index contributed by atoms with van der Waals surface area (Å²) in [6.07, 6.45) is 0. The van der Waals surface area contributed by atoms with Gasteiger partial charge in [-0.15, -0.1) is 11.3 Å². The van der Waals surface area contributed by atoms with E-state index in [1.54, 1.807) is 17.4 Å². The lowest BCUT2D eigenvalue weighted by Gasteiger charge is -1.94. The van der Waals surface area contributed by atoms with Gasteiger partial charge in [-0.3, -0.25) is 10.1 Å². The molecule has 0 atom stereocenters. The molecule has 5 heteroatoms. The van der Waals surface area contributed by atoms with Gasteiger partial charge in [-0.05, 0) is 27.4 Å². The van der Waals surface area contributed by atoms with Gasteiger partial charge in [0.15, 0.2) is 0 Å². The van der Waals surface area contributed by atoms with E-state index in [4.69, 9.17) is 0 Å². The number of rotatable bonds is 1. The highest BCUT2D eigenvalue weighted by atomic mass is 79.9. The van der Waals surface area contributed by atoms with Gasteiger partial charge >= 0.3 is 0 Å². The SMILES string of the molecule is O=[N+]([O-])c1cc(Br)c2sccc2c1. The van der Waals surface area contributed by atoms with Crippen molar-refractivity contribution < 1.29 is 4.92 Å². The Hall–Kier alpha value is -0.940. The van der Waals surface area contributed by atoms with Crippen LogP contribution in [0.1, 0.15) is 0 Å². The smallest absolute Gasteiger partial charge is 0.258 e. The van der Waals surface area contributed by atoms with E-state index in [0.717, 1.165) is 14.6 Å². The fourth-order valence-corrected chi connectivity index (χ4v) is 2.66. The van der Waals surface area contributed by atoms with Gasteiger partial charge in [0.05, 0.1) is 4.92 Å². The number of nitrogens with zero attached hydrogens (tertiary/aromatic N) is 1. The number of hydrogen-bond donors (Lipinski definition) is 0. The average molecular weight is 258 g/mol. The highest BCUT2D eigenvalue weighted by molar-refractivity contribution is 9.10. The maximum Gasteiger partial charge on any atom is 0.271 e. The predicted octanol–water partition coefficient (Wildman–Crippen LogP) is 3.57. The first-order valence-electron chi connectivity index (χ1n) is 3.49. The lowest BCUT2D eigenvalue weighted by Crippen LogP contribution is -1.86. The molecule has 2 aromatic rings. The van der Waals surface area contributed by atoms with Crippen LogP contribution in [0.25, 0.3) is 10.1 Å². The second-order valence-corrected chi connectivity index (χ2v) is 4.29. The summed E-state index contributed by atoms with van der Waals surface area (Å²) in [5.41, 5.74) is 0.123. The Labute approximate surface area is 86.3 Å². The van der Waals surface area contributed by atoms with Crippen LogP contribution in [0.3, 0.4) is 0 Å². The Bertz CT molecular complexity index is 480. The van der Waals surface area contributed by atoms with Crippen molar-refractivity contribution >= 4 is 43.0 Å². The molecule has 2 rings (SSSR count). The lowest BCUT2D eigenvalue weighted by atomic mass is 10.2. The molecule has 0 spiro atoms. The fraction of sp³-hybridized carbons (Fsp3) is 0. The van der Waals surface area contributed by atoms with E-state index in [1.807, 2.05) is 11.4 Å². The second-order valence-electron chi connectivity index (χ2n) is 2.52. The third-order valence-electron chi connectivity index (χ3n) is 1.70. The molecule has 0 aliphatic carbocycles. The first kappa shape index (κ1) is 8.65. The highest BCUT2D eigenvalue weighted by Gasteiger charge is 2.10. The van der Waals surface area contributed by atoms with E-state index in [-0.39, 0.29) is 10.6 Å². The number of thiophene rings is 1. The molecule has 1 aromatic carbocycles. The highest BCUT2D eigenvalue weighted by Crippen LogP contribution is 2.32. The number of fused-ring (bicyclic) bond motifs is 1. The molecule has 0 saturated carbocycles. The predicted molar refractivity (Wildman–Crippen MR) is 56.2 cm³/mol. The second kappa shape index (κ2) is 3.08. The normalized spacial score (nSPS) is 10.5. The first-order chi connectivity index (χ1) is 6.18. The zero-order chi connectivity index (χ0) is 9.42. The maximum atomic E-state index is 10.5. The van der Waals surface area contributed by atoms with Crippen molar-refractivity contribution in [3.63, 3.8) is 0 Å². The summed E-state index contributed by atoms with van der Waals surface area (Å²) >= 11 is 4.87. The summed E-state index contributed by atoms with van der Waals surface area (Å²) in [6.45, 7) is 0. The summed E-state index contributed by atoms with van der Waals surface area (Å²) in [5, 5.41) is 13.3. The zero-order valence-corrected chi connectivity index (χ0v) is 8.76. The molecule has 0 aliphatic rings. The van der Waals surface area contributed by atoms with Crippen molar-refractivity contribution in [2.24, 2.45) is 0 Å². The van der Waals surface area contributed by atoms with E-state index >= 15 is 0 Å². The molecular formula is C8H4BrNO2S. The number of nitro benzene ring substituents is 1. The molecule has 0 N–H and O–H groups in total. The van der Waals surface area contributed by atoms with Gasteiger partial charge < -0.3 is 0 Å². The summed E-state index contributed by atoms with van der Waals surface area (Å²) in [6, 6.07) is 4.98. The topological polar surface area (TPSA) is 43.1 Å². The van der Waals surface area contributed by atoms with Crippen molar-refractivity contribution in [3.8, 4) is 0 Å². The molecule has 0 saturated heterocycles. The van der Waals surface area contributed by atoms with Crippen LogP contribution in [0.2, 0.25) is 0 Å². The largest absolute Gasteiger partial charge is 0.271 e. The molecule has 1 aromatic heterocycles. The van der Waals surface area contributed by atoms with Crippen LogP contribution in [0.5, 0.6) is 0 Å². The van der Waals surface area contributed by atoms with Gasteiger partial charge in [0.25, 0.3) is 5.69 Å². The van der Waals surface area contributed by atoms with Crippen LogP contribution in [-0.4, -0.2) is 4.92 Å². The minimum absolute atomic E-state index is 0.123. The Morgan fingerprint density at radius 1 is 1.46 bits per heavy atom. The molecule has 66 valence electrons. The van der Waals surface area contributed by atoms with Gasteiger partial charge in [0.2, 0.25) is 0 Å². The van der Waals surface area contributed by atoms with Crippen LogP contribution >= 0.6 is 27.3 Å². The standard InChI is InChI=1S/C8H4BrNO2S/c9-7-4-6(10(11)12)3-5-1-2-13-8(5)7/h1-4H. The fourth-order valence-electron chi connectivity index (χ4n) is 1.13. The van der Waals surface area contributed by atoms with Crippen LogP contribution in [0.15, 0.2) is 28.1 Å². The molecule has 1 heterocycles. The summed E-state index contributed by atoms with van der Waals surface area (Å²) in [5.74, 6) is 0. The number of hydrogen-bond acceptors (Lipinski definition) is 3. The van der Waals surface area contributed by atoms with Gasteiger partial charge in [-0.2, -0.15) is 0 Å². The van der Waals surface area contributed by atoms with Crippen LogP contribution in [-0.2, 0) is 0 Å². The van der Waals surface area contributed by atoms with Crippen molar-refractivity contribution in [2.45, 2.75) is 0 Å². The zero-order valence-electron chi connectivity index (χ0n) is 6.36. The minimum atomic E-state index is -0.387. The van der Waals surface area contributed by atoms with E-state index in [9.17, 15) is 10.1 Å². The molecule has 0 unspecified atom stereocenters. The van der Waals surface area contributed by atoms with Gasteiger partial charge in [0.1, 0.15) is 0 Å². The molecule has 13 heavy (non-hydrogen) atoms. The van der Waals surface area contributed by atoms with Crippen molar-refractivity contribution in [1.82, 2.24) is 0 Å². The molecule has 3 nitrogen and oxygen atoms in total. The Morgan fingerprint density at radius 2 is 2.23 bits per heavy atom. The van der Waals surface area contributed by atoms with E-state index in [0.29, 0.717) is 0 Å². The molecule has 0 fully saturated rings.